The van der Waals surface area contributed by atoms with Crippen LogP contribution in [0.2, 0.25) is 0 Å². The molecule has 1 rings (SSSR count). The quantitative estimate of drug-likeness (QED) is 0.673. The standard InChI is InChI=1S/C7H10N2O2S/c1-11-9-7(10)6(8)5-3-2-4-12-5/h2-4,6H,8H2,1H3,(H,9,10). The van der Waals surface area contributed by atoms with Crippen LogP contribution < -0.4 is 11.2 Å². The summed E-state index contributed by atoms with van der Waals surface area (Å²) in [7, 11) is 1.37. The van der Waals surface area contributed by atoms with Crippen LogP contribution in [0.3, 0.4) is 0 Å². The first-order valence-corrected chi connectivity index (χ1v) is 4.25. The van der Waals surface area contributed by atoms with E-state index in [0.717, 1.165) is 4.88 Å². The zero-order valence-electron chi connectivity index (χ0n) is 6.61. The highest BCUT2D eigenvalue weighted by molar-refractivity contribution is 7.10. The largest absolute Gasteiger partial charge is 0.315 e. The van der Waals surface area contributed by atoms with Crippen LogP contribution >= 0.6 is 11.3 Å². The minimum absolute atomic E-state index is 0.333. The lowest BCUT2D eigenvalue weighted by Crippen LogP contribution is -2.32. The number of thiophene rings is 1. The molecule has 12 heavy (non-hydrogen) atoms. The lowest BCUT2D eigenvalue weighted by atomic mass is 10.2. The third kappa shape index (κ3) is 2.04. The topological polar surface area (TPSA) is 64.3 Å². The molecule has 66 valence electrons. The molecule has 1 atom stereocenters. The third-order valence-electron chi connectivity index (χ3n) is 1.33. The molecule has 4 nitrogen and oxygen atoms in total. The summed E-state index contributed by atoms with van der Waals surface area (Å²) in [6, 6.07) is 3.02. The fourth-order valence-corrected chi connectivity index (χ4v) is 1.49. The predicted octanol–water partition coefficient (Wildman–Crippen LogP) is 0.425. The fraction of sp³-hybridized carbons (Fsp3) is 0.286. The molecule has 0 radical (unpaired) electrons. The predicted molar refractivity (Wildman–Crippen MR) is 46.4 cm³/mol. The van der Waals surface area contributed by atoms with E-state index in [-0.39, 0.29) is 5.91 Å². The van der Waals surface area contributed by atoms with Crippen molar-refractivity contribution < 1.29 is 9.63 Å². The van der Waals surface area contributed by atoms with Crippen LogP contribution in [-0.4, -0.2) is 13.0 Å². The molecule has 0 aliphatic rings. The first kappa shape index (κ1) is 9.18. The molecule has 3 N–H and O–H groups in total. The molecule has 0 spiro atoms. The van der Waals surface area contributed by atoms with Gasteiger partial charge in [-0.15, -0.1) is 11.3 Å². The van der Waals surface area contributed by atoms with Crippen molar-refractivity contribution in [3.8, 4) is 0 Å². The Kier molecular flexibility index (Phi) is 3.21. The van der Waals surface area contributed by atoms with Gasteiger partial charge in [-0.1, -0.05) is 6.07 Å². The Morgan fingerprint density at radius 1 is 1.83 bits per heavy atom. The fourth-order valence-electron chi connectivity index (χ4n) is 0.762. The van der Waals surface area contributed by atoms with Crippen molar-refractivity contribution in [1.82, 2.24) is 5.48 Å². The molecule has 0 bridgehead atoms. The van der Waals surface area contributed by atoms with Gasteiger partial charge in [0.1, 0.15) is 6.04 Å². The van der Waals surface area contributed by atoms with Gasteiger partial charge in [0.25, 0.3) is 5.91 Å². The van der Waals surface area contributed by atoms with Crippen molar-refractivity contribution in [2.75, 3.05) is 7.11 Å². The Balaban J connectivity index is 2.59. The molecule has 1 aromatic heterocycles. The van der Waals surface area contributed by atoms with Crippen LogP contribution in [0.15, 0.2) is 17.5 Å². The number of hydroxylamine groups is 1. The molecule has 1 heterocycles. The van der Waals surface area contributed by atoms with Gasteiger partial charge in [-0.3, -0.25) is 9.63 Å². The van der Waals surface area contributed by atoms with E-state index < -0.39 is 6.04 Å². The van der Waals surface area contributed by atoms with Crippen molar-refractivity contribution in [3.63, 3.8) is 0 Å². The Labute approximate surface area is 74.3 Å². The summed E-state index contributed by atoms with van der Waals surface area (Å²) in [6.07, 6.45) is 0. The van der Waals surface area contributed by atoms with Crippen LogP contribution in [0, 0.1) is 0 Å². The van der Waals surface area contributed by atoms with Crippen LogP contribution in [0.4, 0.5) is 0 Å². The van der Waals surface area contributed by atoms with Gasteiger partial charge in [-0.05, 0) is 11.4 Å². The maximum absolute atomic E-state index is 11.1. The first-order chi connectivity index (χ1) is 5.75. The molecule has 0 aliphatic carbocycles. The van der Waals surface area contributed by atoms with E-state index in [1.165, 1.54) is 18.4 Å². The maximum atomic E-state index is 11.1. The minimum atomic E-state index is -0.634. The van der Waals surface area contributed by atoms with E-state index in [9.17, 15) is 4.79 Å². The SMILES string of the molecule is CONC(=O)C(N)c1cccs1. The summed E-state index contributed by atoms with van der Waals surface area (Å²) in [5.74, 6) is -0.333. The summed E-state index contributed by atoms with van der Waals surface area (Å²) in [6.45, 7) is 0. The third-order valence-corrected chi connectivity index (χ3v) is 2.29. The highest BCUT2D eigenvalue weighted by Crippen LogP contribution is 2.16. The average Bonchev–Trinajstić information content (AvgIpc) is 2.55. The van der Waals surface area contributed by atoms with Crippen molar-refractivity contribution in [3.05, 3.63) is 22.4 Å². The molecular formula is C7H10N2O2S. The second-order valence-electron chi connectivity index (χ2n) is 2.16. The van der Waals surface area contributed by atoms with Crippen molar-refractivity contribution in [2.45, 2.75) is 6.04 Å². The van der Waals surface area contributed by atoms with Crippen LogP contribution in [0.1, 0.15) is 10.9 Å². The summed E-state index contributed by atoms with van der Waals surface area (Å²) in [5.41, 5.74) is 7.76. The van der Waals surface area contributed by atoms with Gasteiger partial charge in [0.05, 0.1) is 7.11 Å². The zero-order chi connectivity index (χ0) is 8.97. The van der Waals surface area contributed by atoms with Gasteiger partial charge in [-0.25, -0.2) is 5.48 Å². The van der Waals surface area contributed by atoms with E-state index in [1.807, 2.05) is 17.5 Å². The molecular weight excluding hydrogens is 176 g/mol. The van der Waals surface area contributed by atoms with Gasteiger partial charge in [0.15, 0.2) is 0 Å². The summed E-state index contributed by atoms with van der Waals surface area (Å²) < 4.78 is 0. The van der Waals surface area contributed by atoms with Crippen LogP contribution in [-0.2, 0) is 9.63 Å². The number of rotatable bonds is 3. The maximum Gasteiger partial charge on any atom is 0.265 e. The highest BCUT2D eigenvalue weighted by atomic mass is 32.1. The van der Waals surface area contributed by atoms with Crippen molar-refractivity contribution in [1.29, 1.82) is 0 Å². The lowest BCUT2D eigenvalue weighted by Gasteiger charge is -2.07. The normalized spacial score (nSPS) is 12.5. The van der Waals surface area contributed by atoms with Crippen molar-refractivity contribution >= 4 is 17.2 Å². The number of carbonyl (C=O) groups is 1. The van der Waals surface area contributed by atoms with E-state index in [0.29, 0.717) is 0 Å². The van der Waals surface area contributed by atoms with Gasteiger partial charge < -0.3 is 5.73 Å². The monoisotopic (exact) mass is 186 g/mol. The number of hydrogen-bond acceptors (Lipinski definition) is 4. The molecule has 0 aromatic carbocycles. The molecule has 1 unspecified atom stereocenters. The summed E-state index contributed by atoms with van der Waals surface area (Å²) in [5, 5.41) is 1.87. The number of carbonyl (C=O) groups excluding carboxylic acids is 1. The first-order valence-electron chi connectivity index (χ1n) is 3.37. The smallest absolute Gasteiger partial charge is 0.265 e. The summed E-state index contributed by atoms with van der Waals surface area (Å²) >= 11 is 1.44. The number of hydrogen-bond donors (Lipinski definition) is 2. The number of amides is 1. The van der Waals surface area contributed by atoms with Crippen molar-refractivity contribution in [2.24, 2.45) is 5.73 Å². The van der Waals surface area contributed by atoms with E-state index >= 15 is 0 Å². The van der Waals surface area contributed by atoms with Gasteiger partial charge in [-0.2, -0.15) is 0 Å². The van der Waals surface area contributed by atoms with E-state index in [4.69, 9.17) is 5.73 Å². The van der Waals surface area contributed by atoms with Crippen LogP contribution in [0.5, 0.6) is 0 Å². The van der Waals surface area contributed by atoms with Gasteiger partial charge in [0.2, 0.25) is 0 Å². The molecule has 1 amide bonds. The Morgan fingerprint density at radius 3 is 3.08 bits per heavy atom. The lowest BCUT2D eigenvalue weighted by molar-refractivity contribution is -0.132. The molecule has 0 aliphatic heterocycles. The summed E-state index contributed by atoms with van der Waals surface area (Å²) in [4.78, 5) is 16.4. The average molecular weight is 186 g/mol. The Morgan fingerprint density at radius 2 is 2.58 bits per heavy atom. The Hall–Kier alpha value is -0.910. The van der Waals surface area contributed by atoms with E-state index in [2.05, 4.69) is 10.3 Å². The van der Waals surface area contributed by atoms with E-state index in [1.54, 1.807) is 0 Å². The number of nitrogens with two attached hydrogens (primary N) is 1. The second-order valence-corrected chi connectivity index (χ2v) is 3.14. The molecule has 0 saturated carbocycles. The molecule has 0 fully saturated rings. The zero-order valence-corrected chi connectivity index (χ0v) is 7.43. The van der Waals surface area contributed by atoms with Gasteiger partial charge in [0, 0.05) is 4.88 Å². The minimum Gasteiger partial charge on any atom is -0.315 e. The molecule has 0 saturated heterocycles. The van der Waals surface area contributed by atoms with Gasteiger partial charge >= 0.3 is 0 Å². The second kappa shape index (κ2) is 4.20. The Bertz CT molecular complexity index is 248. The number of nitrogens with one attached hydrogen (secondary N) is 1. The van der Waals surface area contributed by atoms with Crippen LogP contribution in [0.25, 0.3) is 0 Å². The molecule has 1 aromatic rings. The molecule has 5 heteroatoms. The highest BCUT2D eigenvalue weighted by Gasteiger charge is 2.15.